The van der Waals surface area contributed by atoms with E-state index in [9.17, 15) is 9.59 Å². The molecule has 0 spiro atoms. The Balaban J connectivity index is 1.78. The van der Waals surface area contributed by atoms with Gasteiger partial charge in [0.05, 0.1) is 10.7 Å². The summed E-state index contributed by atoms with van der Waals surface area (Å²) >= 11 is 6.16. The highest BCUT2D eigenvalue weighted by molar-refractivity contribution is 6.33. The van der Waals surface area contributed by atoms with Gasteiger partial charge in [0.1, 0.15) is 6.04 Å². The van der Waals surface area contributed by atoms with Gasteiger partial charge in [0.25, 0.3) is 0 Å². The van der Waals surface area contributed by atoms with Gasteiger partial charge in [-0.05, 0) is 38.3 Å². The molecule has 1 N–H and O–H groups in total. The summed E-state index contributed by atoms with van der Waals surface area (Å²) in [5, 5.41) is 3.37. The molecule has 0 saturated carbocycles. The van der Waals surface area contributed by atoms with Gasteiger partial charge in [0, 0.05) is 19.1 Å². The zero-order valence-corrected chi connectivity index (χ0v) is 13.6. The zero-order valence-electron chi connectivity index (χ0n) is 12.8. The molecule has 0 aromatic heterocycles. The smallest absolute Gasteiger partial charge is 0.322 e. The van der Waals surface area contributed by atoms with E-state index >= 15 is 0 Å². The van der Waals surface area contributed by atoms with Gasteiger partial charge in [-0.2, -0.15) is 0 Å². The molecule has 5 nitrogen and oxygen atoms in total. The van der Waals surface area contributed by atoms with Crippen LogP contribution in [0, 0.1) is 6.92 Å². The van der Waals surface area contributed by atoms with Crippen molar-refractivity contribution in [2.75, 3.05) is 18.4 Å². The van der Waals surface area contributed by atoms with Crippen molar-refractivity contribution in [1.82, 2.24) is 9.80 Å². The first-order valence-corrected chi connectivity index (χ1v) is 8.00. The molecular formula is C16H20ClN3O2. The van der Waals surface area contributed by atoms with Crippen molar-refractivity contribution in [3.05, 3.63) is 28.8 Å². The number of hydrogen-bond donors (Lipinski definition) is 1. The number of anilines is 1. The van der Waals surface area contributed by atoms with E-state index in [1.165, 1.54) is 0 Å². The topological polar surface area (TPSA) is 52.7 Å². The first-order valence-electron chi connectivity index (χ1n) is 7.62. The Labute approximate surface area is 135 Å². The number of nitrogens with one attached hydrogen (secondary N) is 1. The average Bonchev–Trinajstić information content (AvgIpc) is 2.95. The van der Waals surface area contributed by atoms with Crippen LogP contribution in [0.3, 0.4) is 0 Å². The number of carbonyl (C=O) groups is 2. The van der Waals surface area contributed by atoms with Crippen LogP contribution in [0.2, 0.25) is 5.02 Å². The molecule has 2 aliphatic rings. The van der Waals surface area contributed by atoms with E-state index < -0.39 is 6.04 Å². The highest BCUT2D eigenvalue weighted by Gasteiger charge is 2.42. The number of amides is 3. The molecule has 0 bridgehead atoms. The molecular weight excluding hydrogens is 302 g/mol. The second kappa shape index (κ2) is 5.80. The van der Waals surface area contributed by atoms with Crippen LogP contribution in [0.4, 0.5) is 10.5 Å². The van der Waals surface area contributed by atoms with Gasteiger partial charge in [-0.1, -0.05) is 23.7 Å². The average molecular weight is 322 g/mol. The van der Waals surface area contributed by atoms with Crippen molar-refractivity contribution in [3.8, 4) is 0 Å². The molecule has 2 fully saturated rings. The van der Waals surface area contributed by atoms with Gasteiger partial charge in [0.15, 0.2) is 0 Å². The molecule has 1 aromatic rings. The first-order chi connectivity index (χ1) is 10.5. The molecule has 0 aliphatic carbocycles. The lowest BCUT2D eigenvalue weighted by Crippen LogP contribution is -2.60. The van der Waals surface area contributed by atoms with Crippen LogP contribution in [0.5, 0.6) is 0 Å². The van der Waals surface area contributed by atoms with Crippen LogP contribution in [0.15, 0.2) is 18.2 Å². The summed E-state index contributed by atoms with van der Waals surface area (Å²) in [6, 6.07) is 4.94. The molecule has 6 heteroatoms. The highest BCUT2D eigenvalue weighted by Crippen LogP contribution is 2.28. The quantitative estimate of drug-likeness (QED) is 0.864. The van der Waals surface area contributed by atoms with Crippen LogP contribution < -0.4 is 5.32 Å². The maximum atomic E-state index is 12.6. The SMILES string of the molecule is Cc1cccc(Cl)c1NC(=O)N1C[C@H]2CCCN2C(=O)[C@@H]1C. The summed E-state index contributed by atoms with van der Waals surface area (Å²) in [4.78, 5) is 28.5. The molecule has 0 radical (unpaired) electrons. The molecule has 0 unspecified atom stereocenters. The minimum Gasteiger partial charge on any atom is -0.336 e. The summed E-state index contributed by atoms with van der Waals surface area (Å²) < 4.78 is 0. The molecule has 2 atom stereocenters. The second-order valence-electron chi connectivity index (χ2n) is 6.02. The number of rotatable bonds is 1. The third-order valence-electron chi connectivity index (χ3n) is 4.61. The minimum atomic E-state index is -0.433. The summed E-state index contributed by atoms with van der Waals surface area (Å²) in [5.41, 5.74) is 1.52. The fourth-order valence-corrected chi connectivity index (χ4v) is 3.57. The molecule has 2 saturated heterocycles. The number of halogens is 1. The van der Waals surface area contributed by atoms with Gasteiger partial charge < -0.3 is 15.1 Å². The fraction of sp³-hybridized carbons (Fsp3) is 0.500. The van der Waals surface area contributed by atoms with Crippen molar-refractivity contribution in [2.24, 2.45) is 0 Å². The number of piperazine rings is 1. The first kappa shape index (κ1) is 15.2. The van der Waals surface area contributed by atoms with Crippen LogP contribution in [-0.2, 0) is 4.79 Å². The Morgan fingerprint density at radius 3 is 2.91 bits per heavy atom. The standard InChI is InChI=1S/C16H20ClN3O2/c1-10-5-3-7-13(17)14(10)18-16(22)20-9-12-6-4-8-19(12)15(21)11(20)2/h3,5,7,11-12H,4,6,8-9H2,1-2H3,(H,18,22)/t11-,12+/m0/s1. The van der Waals surface area contributed by atoms with Crippen molar-refractivity contribution in [1.29, 1.82) is 0 Å². The Hall–Kier alpha value is -1.75. The number of para-hydroxylation sites is 1. The van der Waals surface area contributed by atoms with E-state index in [1.54, 1.807) is 17.9 Å². The Morgan fingerprint density at radius 2 is 2.18 bits per heavy atom. The summed E-state index contributed by atoms with van der Waals surface area (Å²) in [6.07, 6.45) is 1.98. The van der Waals surface area contributed by atoms with Crippen LogP contribution in [0.25, 0.3) is 0 Å². The third-order valence-corrected chi connectivity index (χ3v) is 4.92. The van der Waals surface area contributed by atoms with E-state index in [4.69, 9.17) is 11.6 Å². The highest BCUT2D eigenvalue weighted by atomic mass is 35.5. The minimum absolute atomic E-state index is 0.0415. The number of hydrogen-bond acceptors (Lipinski definition) is 2. The Morgan fingerprint density at radius 1 is 1.41 bits per heavy atom. The van der Waals surface area contributed by atoms with E-state index in [0.29, 0.717) is 17.3 Å². The van der Waals surface area contributed by atoms with Crippen LogP contribution in [-0.4, -0.2) is 46.9 Å². The molecule has 22 heavy (non-hydrogen) atoms. The van der Waals surface area contributed by atoms with Gasteiger partial charge in [-0.3, -0.25) is 4.79 Å². The predicted octanol–water partition coefficient (Wildman–Crippen LogP) is 2.88. The number of urea groups is 1. The van der Waals surface area contributed by atoms with E-state index in [2.05, 4.69) is 5.32 Å². The molecule has 2 heterocycles. The largest absolute Gasteiger partial charge is 0.336 e. The molecule has 118 valence electrons. The predicted molar refractivity (Wildman–Crippen MR) is 86.1 cm³/mol. The number of nitrogens with zero attached hydrogens (tertiary/aromatic N) is 2. The lowest BCUT2D eigenvalue weighted by atomic mass is 10.1. The van der Waals surface area contributed by atoms with Gasteiger partial charge >= 0.3 is 6.03 Å². The van der Waals surface area contributed by atoms with Crippen LogP contribution in [0.1, 0.15) is 25.3 Å². The number of benzene rings is 1. The number of aryl methyl sites for hydroxylation is 1. The zero-order chi connectivity index (χ0) is 15.9. The number of carbonyl (C=O) groups excluding carboxylic acids is 2. The lowest BCUT2D eigenvalue weighted by molar-refractivity contribution is -0.140. The van der Waals surface area contributed by atoms with Crippen molar-refractivity contribution < 1.29 is 9.59 Å². The van der Waals surface area contributed by atoms with Gasteiger partial charge in [-0.25, -0.2) is 4.79 Å². The van der Waals surface area contributed by atoms with Crippen molar-refractivity contribution in [2.45, 2.75) is 38.8 Å². The van der Waals surface area contributed by atoms with Crippen LogP contribution >= 0.6 is 11.6 Å². The Kier molecular flexibility index (Phi) is 4.00. The summed E-state index contributed by atoms with van der Waals surface area (Å²) in [5.74, 6) is 0.0415. The van der Waals surface area contributed by atoms with Gasteiger partial charge in [-0.15, -0.1) is 0 Å². The van der Waals surface area contributed by atoms with Crippen molar-refractivity contribution >= 4 is 29.2 Å². The maximum Gasteiger partial charge on any atom is 0.322 e. The van der Waals surface area contributed by atoms with Crippen molar-refractivity contribution in [3.63, 3.8) is 0 Å². The van der Waals surface area contributed by atoms with E-state index in [1.807, 2.05) is 24.0 Å². The molecule has 1 aromatic carbocycles. The molecule has 3 amide bonds. The monoisotopic (exact) mass is 321 g/mol. The molecule has 3 rings (SSSR count). The van der Waals surface area contributed by atoms with E-state index in [0.717, 1.165) is 24.9 Å². The summed E-state index contributed by atoms with van der Waals surface area (Å²) in [6.45, 7) is 5.08. The fourth-order valence-electron chi connectivity index (χ4n) is 3.30. The number of fused-ring (bicyclic) bond motifs is 1. The lowest BCUT2D eigenvalue weighted by Gasteiger charge is -2.41. The van der Waals surface area contributed by atoms with E-state index in [-0.39, 0.29) is 18.0 Å². The second-order valence-corrected chi connectivity index (χ2v) is 6.43. The van der Waals surface area contributed by atoms with Gasteiger partial charge in [0.2, 0.25) is 5.91 Å². The maximum absolute atomic E-state index is 12.6. The normalized spacial score (nSPS) is 24.4. The molecule has 2 aliphatic heterocycles. The third kappa shape index (κ3) is 2.54. The Bertz CT molecular complexity index is 599. The summed E-state index contributed by atoms with van der Waals surface area (Å²) in [7, 11) is 0.